The van der Waals surface area contributed by atoms with E-state index in [4.69, 9.17) is 0 Å². The van der Waals surface area contributed by atoms with Crippen molar-refractivity contribution in [1.29, 1.82) is 0 Å². The molecule has 0 spiro atoms. The molecule has 0 heterocycles. The molecule has 0 saturated carbocycles. The van der Waals surface area contributed by atoms with Gasteiger partial charge in [-0.15, -0.1) is 0 Å². The average Bonchev–Trinajstić information content (AvgIpc) is 2.68. The molecule has 28 heavy (non-hydrogen) atoms. The Kier molecular flexibility index (Phi) is 8.38. The Labute approximate surface area is 185 Å². The number of alkyl halides is 4. The molecule has 0 aliphatic rings. The number of halogens is 2. The number of carbonyl (C=O) groups is 1. The smallest absolute Gasteiger partial charge is 0.399 e. The zero-order valence-corrected chi connectivity index (χ0v) is 22.2. The molecule has 2 nitrogen and oxygen atoms in total. The first kappa shape index (κ1) is 23.6. The minimum absolute atomic E-state index is 0.0582. The summed E-state index contributed by atoms with van der Waals surface area (Å²) in [7, 11) is 0. The molecule has 0 aliphatic carbocycles. The summed E-state index contributed by atoms with van der Waals surface area (Å²) in [5.41, 5.74) is 0. The lowest BCUT2D eigenvalue weighted by atomic mass is 10.2. The van der Waals surface area contributed by atoms with Gasteiger partial charge in [-0.1, -0.05) is 50.2 Å². The second-order valence-electron chi connectivity index (χ2n) is 8.00. The van der Waals surface area contributed by atoms with Crippen molar-refractivity contribution in [2.24, 2.45) is 0 Å². The van der Waals surface area contributed by atoms with Crippen LogP contribution < -0.4 is 39.6 Å². The van der Waals surface area contributed by atoms with Crippen LogP contribution in [0.2, 0.25) is 0 Å². The Bertz CT molecular complexity index is 697. The van der Waals surface area contributed by atoms with Crippen LogP contribution in [0.25, 0.3) is 0 Å². The lowest BCUT2D eigenvalue weighted by Crippen LogP contribution is -4.12. The number of carboxylic acid groups (broad SMARTS) is 1. The van der Waals surface area contributed by atoms with Crippen molar-refractivity contribution in [3.05, 3.63) is 67.8 Å². The standard InChI is InChI=1S/C24H34I2O2/c1-7-23(3,4)25(19-15-11-9-12-16-19)21(22(27)28)26(24(5,6)8-2)20-17-13-10-14-18-20/h9-18,21H,7-8H2,1-6H3,(H,27,28)/q+2. The van der Waals surface area contributed by atoms with Crippen LogP contribution in [0.15, 0.2) is 60.7 Å². The van der Waals surface area contributed by atoms with Crippen molar-refractivity contribution < 1.29 is 49.5 Å². The monoisotopic (exact) mass is 608 g/mol. The third-order valence-corrected chi connectivity index (χ3v) is 26.8. The van der Waals surface area contributed by atoms with Crippen molar-refractivity contribution in [2.45, 2.75) is 63.2 Å². The molecule has 0 atom stereocenters. The van der Waals surface area contributed by atoms with E-state index in [1.54, 1.807) is 0 Å². The molecule has 0 fully saturated rings. The van der Waals surface area contributed by atoms with Gasteiger partial charge in [0.25, 0.3) is 0 Å². The molecular formula is C24H34I2O2+2. The summed E-state index contributed by atoms with van der Waals surface area (Å²) in [6, 6.07) is 21.2. The lowest BCUT2D eigenvalue weighted by molar-refractivity contribution is -1.13. The molecule has 0 aliphatic heterocycles. The van der Waals surface area contributed by atoms with Crippen LogP contribution in [-0.2, 0) is 4.79 Å². The van der Waals surface area contributed by atoms with Gasteiger partial charge in [0.1, 0.15) is 6.84 Å². The highest BCUT2D eigenvalue weighted by molar-refractivity contribution is 5.70. The maximum Gasteiger partial charge on any atom is 0.399 e. The summed E-state index contributed by atoms with van der Waals surface area (Å²) in [5, 5.41) is 10.6. The summed E-state index contributed by atoms with van der Waals surface area (Å²) in [4.78, 5) is 12.9. The van der Waals surface area contributed by atoms with Gasteiger partial charge >= 0.3 is 7.90 Å². The number of carboxylic acids is 1. The molecule has 4 heteroatoms. The van der Waals surface area contributed by atoms with Gasteiger partial charge in [-0.2, -0.15) is 0 Å². The average molecular weight is 608 g/mol. The van der Waals surface area contributed by atoms with E-state index in [1.807, 2.05) is 12.1 Å². The van der Waals surface area contributed by atoms with Crippen molar-refractivity contribution >= 4 is 5.97 Å². The summed E-state index contributed by atoms with van der Waals surface area (Å²) in [6.07, 6.45) is 2.03. The highest BCUT2D eigenvalue weighted by Crippen LogP contribution is 2.02. The predicted molar refractivity (Wildman–Crippen MR) is 110 cm³/mol. The largest absolute Gasteiger partial charge is 0.475 e. The summed E-state index contributed by atoms with van der Waals surface area (Å²) >= 11 is -4.16. The van der Waals surface area contributed by atoms with Gasteiger partial charge in [0, 0.05) is 0 Å². The van der Waals surface area contributed by atoms with Crippen molar-refractivity contribution in [1.82, 2.24) is 0 Å². The summed E-state index contributed by atoms with van der Waals surface area (Å²) in [5.74, 6) is -0.564. The van der Waals surface area contributed by atoms with Crippen LogP contribution in [0.5, 0.6) is 0 Å². The fourth-order valence-electron chi connectivity index (χ4n) is 2.99. The SMILES string of the molecule is CCC(C)(C)[I+](c1ccccc1)C(C(=O)O)[I+](c1ccccc1)C(C)(C)CC. The molecule has 154 valence electrons. The molecule has 0 bridgehead atoms. The Morgan fingerprint density at radius 3 is 1.36 bits per heavy atom. The van der Waals surface area contributed by atoms with Crippen molar-refractivity contribution in [3.63, 3.8) is 0 Å². The second kappa shape index (κ2) is 9.92. The third-order valence-electron chi connectivity index (χ3n) is 5.29. The molecule has 0 amide bonds. The minimum atomic E-state index is -2.08. The summed E-state index contributed by atoms with van der Waals surface area (Å²) in [6.45, 7) is 13.7. The summed E-state index contributed by atoms with van der Waals surface area (Å²) < 4.78 is 2.56. The molecule has 0 saturated heterocycles. The maximum atomic E-state index is 12.9. The van der Waals surface area contributed by atoms with Crippen LogP contribution in [0.1, 0.15) is 54.4 Å². The normalized spacial score (nSPS) is 12.8. The molecule has 0 aromatic heterocycles. The van der Waals surface area contributed by atoms with Crippen LogP contribution in [0.3, 0.4) is 0 Å². The van der Waals surface area contributed by atoms with Crippen LogP contribution >= 0.6 is 0 Å². The van der Waals surface area contributed by atoms with E-state index in [2.05, 4.69) is 90.1 Å². The molecule has 2 rings (SSSR count). The van der Waals surface area contributed by atoms with Gasteiger partial charge in [-0.05, 0) is 64.8 Å². The quantitative estimate of drug-likeness (QED) is 0.316. The van der Waals surface area contributed by atoms with Crippen LogP contribution in [-0.4, -0.2) is 19.9 Å². The number of hydrogen-bond donors (Lipinski definition) is 1. The van der Waals surface area contributed by atoms with Gasteiger partial charge in [0.05, 0.1) is 0 Å². The minimum Gasteiger partial charge on any atom is -0.475 e. The van der Waals surface area contributed by atoms with Crippen LogP contribution in [0, 0.1) is 7.14 Å². The predicted octanol–water partition coefficient (Wildman–Crippen LogP) is -0.237. The third kappa shape index (κ3) is 5.29. The second-order valence-corrected chi connectivity index (χ2v) is 24.8. The topological polar surface area (TPSA) is 37.3 Å². The molecular weight excluding hydrogens is 574 g/mol. The lowest BCUT2D eigenvalue weighted by Gasteiger charge is -2.31. The van der Waals surface area contributed by atoms with Gasteiger partial charge in [-0.25, -0.2) is 4.79 Å². The van der Waals surface area contributed by atoms with Gasteiger partial charge in [0.15, 0.2) is 46.8 Å². The van der Waals surface area contributed by atoms with Crippen LogP contribution in [0.4, 0.5) is 0 Å². The van der Waals surface area contributed by atoms with Gasteiger partial charge < -0.3 is 5.11 Å². The fraction of sp³-hybridized carbons (Fsp3) is 0.458. The highest BCUT2D eigenvalue weighted by Gasteiger charge is 2.64. The molecule has 1 N–H and O–H groups in total. The molecule has 2 radical (unpaired) electrons. The van der Waals surface area contributed by atoms with E-state index in [-0.39, 0.29) is 8.77 Å². The first-order valence-corrected chi connectivity index (χ1v) is 16.7. The number of benzene rings is 2. The van der Waals surface area contributed by atoms with Gasteiger partial charge in [0.2, 0.25) is 0 Å². The van der Waals surface area contributed by atoms with E-state index in [0.717, 1.165) is 12.8 Å². The first-order valence-electron chi connectivity index (χ1n) is 9.85. The Morgan fingerprint density at radius 1 is 0.786 bits per heavy atom. The van der Waals surface area contributed by atoms with E-state index >= 15 is 0 Å². The molecule has 2 aromatic carbocycles. The maximum absolute atomic E-state index is 12.9. The molecule has 2 aromatic rings. The van der Waals surface area contributed by atoms with Crippen molar-refractivity contribution in [3.8, 4) is 0 Å². The van der Waals surface area contributed by atoms with E-state index in [1.165, 1.54) is 7.14 Å². The fourth-order valence-corrected chi connectivity index (χ4v) is 31.5. The van der Waals surface area contributed by atoms with E-state index in [9.17, 15) is 9.90 Å². The van der Waals surface area contributed by atoms with Gasteiger partial charge in [-0.3, -0.25) is 0 Å². The zero-order valence-electron chi connectivity index (χ0n) is 17.9. The molecule has 0 unspecified atom stereocenters. The Hall–Kier alpha value is -0.630. The number of rotatable bonds is 9. The van der Waals surface area contributed by atoms with Crippen molar-refractivity contribution in [2.75, 3.05) is 0 Å². The highest BCUT2D eigenvalue weighted by atomic mass is 127. The Balaban J connectivity index is 2.74. The number of aliphatic carboxylic acids is 1. The zero-order chi connectivity index (χ0) is 20.9. The number of hydrogen-bond acceptors (Lipinski definition) is 1. The van der Waals surface area contributed by atoms with E-state index in [0.29, 0.717) is 0 Å². The Morgan fingerprint density at radius 2 is 1.11 bits per heavy atom. The first-order chi connectivity index (χ1) is 13.2. The van der Waals surface area contributed by atoms with E-state index < -0.39 is 45.6 Å².